The van der Waals surface area contributed by atoms with E-state index in [4.69, 9.17) is 22.1 Å². The number of aromatic nitrogens is 2. The predicted octanol–water partition coefficient (Wildman–Crippen LogP) is 1.13. The highest BCUT2D eigenvalue weighted by molar-refractivity contribution is 6.31. The van der Waals surface area contributed by atoms with Gasteiger partial charge in [0.2, 0.25) is 5.91 Å². The van der Waals surface area contributed by atoms with E-state index in [1.165, 1.54) is 6.33 Å². The lowest BCUT2D eigenvalue weighted by molar-refractivity contribution is -0.116. The molecule has 21 heavy (non-hydrogen) atoms. The number of hydrogen-bond acceptors (Lipinski definition) is 5. The van der Waals surface area contributed by atoms with Crippen molar-refractivity contribution in [2.45, 2.75) is 6.54 Å². The van der Waals surface area contributed by atoms with Crippen LogP contribution in [-0.2, 0) is 11.3 Å². The molecule has 2 aromatic rings. The third kappa shape index (κ3) is 3.51. The highest BCUT2D eigenvalue weighted by Crippen LogP contribution is 2.15. The Morgan fingerprint density at radius 3 is 2.71 bits per heavy atom. The first kappa shape index (κ1) is 14.9. The molecule has 0 radical (unpaired) electrons. The highest BCUT2D eigenvalue weighted by atomic mass is 35.5. The summed E-state index contributed by atoms with van der Waals surface area (Å²) in [6.45, 7) is -0.209. The zero-order chi connectivity index (χ0) is 15.4. The van der Waals surface area contributed by atoms with Gasteiger partial charge in [0, 0.05) is 5.69 Å². The first-order valence-corrected chi connectivity index (χ1v) is 6.33. The van der Waals surface area contributed by atoms with Crippen molar-refractivity contribution in [3.63, 3.8) is 0 Å². The van der Waals surface area contributed by atoms with Gasteiger partial charge in [-0.3, -0.25) is 14.2 Å². The van der Waals surface area contributed by atoms with Crippen LogP contribution in [0, 0.1) is 0 Å². The molecule has 1 amide bonds. The monoisotopic (exact) mass is 308 g/mol. The minimum Gasteiger partial charge on any atom is -0.497 e. The normalized spacial score (nSPS) is 10.2. The highest BCUT2D eigenvalue weighted by Gasteiger charge is 2.10. The lowest BCUT2D eigenvalue weighted by atomic mass is 10.3. The van der Waals surface area contributed by atoms with Crippen LogP contribution in [0.1, 0.15) is 0 Å². The number of nitrogens with one attached hydrogen (secondary N) is 1. The van der Waals surface area contributed by atoms with Crippen LogP contribution in [0.25, 0.3) is 0 Å². The Kier molecular flexibility index (Phi) is 4.44. The van der Waals surface area contributed by atoms with Crippen molar-refractivity contribution >= 4 is 28.9 Å². The van der Waals surface area contributed by atoms with Gasteiger partial charge >= 0.3 is 0 Å². The molecule has 3 N–H and O–H groups in total. The van der Waals surface area contributed by atoms with Gasteiger partial charge in [-0.25, -0.2) is 4.98 Å². The van der Waals surface area contributed by atoms with E-state index in [-0.39, 0.29) is 23.3 Å². The number of hydrogen-bond donors (Lipinski definition) is 2. The number of halogens is 1. The number of ether oxygens (including phenoxy) is 1. The summed E-state index contributed by atoms with van der Waals surface area (Å²) in [7, 11) is 1.55. The smallest absolute Gasteiger partial charge is 0.278 e. The number of carbonyl (C=O) groups excluding carboxylic acids is 1. The van der Waals surface area contributed by atoms with E-state index < -0.39 is 5.56 Å². The van der Waals surface area contributed by atoms with Crippen LogP contribution in [0.4, 0.5) is 11.4 Å². The summed E-state index contributed by atoms with van der Waals surface area (Å²) in [5.74, 6) is 0.296. The number of nitrogens with two attached hydrogens (primary N) is 1. The molecule has 1 aromatic carbocycles. The summed E-state index contributed by atoms with van der Waals surface area (Å²) < 4.78 is 6.10. The molecular formula is C13H13ClN4O3. The molecule has 1 heterocycles. The molecule has 0 saturated heterocycles. The number of benzene rings is 1. The zero-order valence-corrected chi connectivity index (χ0v) is 11.9. The number of rotatable bonds is 4. The molecule has 8 heteroatoms. The van der Waals surface area contributed by atoms with Crippen LogP contribution < -0.4 is 21.3 Å². The maximum Gasteiger partial charge on any atom is 0.278 e. The Morgan fingerprint density at radius 2 is 2.10 bits per heavy atom. The van der Waals surface area contributed by atoms with Gasteiger partial charge in [0.25, 0.3) is 5.56 Å². The minimum atomic E-state index is -0.556. The van der Waals surface area contributed by atoms with Crippen molar-refractivity contribution in [2.75, 3.05) is 18.2 Å². The zero-order valence-electron chi connectivity index (χ0n) is 11.2. The number of carbonyl (C=O) groups is 1. The van der Waals surface area contributed by atoms with E-state index in [9.17, 15) is 9.59 Å². The molecule has 1 aromatic heterocycles. The Labute approximate surface area is 125 Å². The second-order valence-electron chi connectivity index (χ2n) is 4.16. The molecule has 0 saturated carbocycles. The van der Waals surface area contributed by atoms with Gasteiger partial charge in [0.1, 0.15) is 18.0 Å². The van der Waals surface area contributed by atoms with Crippen molar-refractivity contribution < 1.29 is 9.53 Å². The van der Waals surface area contributed by atoms with Gasteiger partial charge in [-0.15, -0.1) is 0 Å². The quantitative estimate of drug-likeness (QED) is 0.825. The molecule has 0 aliphatic heterocycles. The second kappa shape index (κ2) is 6.27. The van der Waals surface area contributed by atoms with E-state index in [0.29, 0.717) is 11.4 Å². The molecule has 0 aliphatic rings. The van der Waals surface area contributed by atoms with Crippen LogP contribution in [0.5, 0.6) is 5.75 Å². The molecule has 110 valence electrons. The molecule has 7 nitrogen and oxygen atoms in total. The fourth-order valence-electron chi connectivity index (χ4n) is 1.63. The fourth-order valence-corrected chi connectivity index (χ4v) is 1.75. The van der Waals surface area contributed by atoms with Gasteiger partial charge in [-0.1, -0.05) is 11.6 Å². The van der Waals surface area contributed by atoms with Gasteiger partial charge in [0.15, 0.2) is 5.15 Å². The van der Waals surface area contributed by atoms with E-state index in [1.54, 1.807) is 31.4 Å². The Morgan fingerprint density at radius 1 is 1.43 bits per heavy atom. The van der Waals surface area contributed by atoms with Gasteiger partial charge in [-0.05, 0) is 24.3 Å². The van der Waals surface area contributed by atoms with Crippen LogP contribution in [0.3, 0.4) is 0 Å². The lowest BCUT2D eigenvalue weighted by Crippen LogP contribution is -2.29. The third-order valence-corrected chi connectivity index (χ3v) is 3.01. The summed E-state index contributed by atoms with van der Waals surface area (Å²) in [4.78, 5) is 27.4. The number of nitrogen functional groups attached to an aromatic ring is 1. The maximum absolute atomic E-state index is 11.9. The van der Waals surface area contributed by atoms with Gasteiger partial charge in [0.05, 0.1) is 13.4 Å². The number of anilines is 2. The van der Waals surface area contributed by atoms with Crippen molar-refractivity contribution in [1.82, 2.24) is 9.55 Å². The maximum atomic E-state index is 11.9. The minimum absolute atomic E-state index is 0.0770. The largest absolute Gasteiger partial charge is 0.497 e. The molecule has 0 spiro atoms. The summed E-state index contributed by atoms with van der Waals surface area (Å²) in [5, 5.41) is 2.57. The van der Waals surface area contributed by atoms with E-state index >= 15 is 0 Å². The average Bonchev–Trinajstić information content (AvgIpc) is 2.49. The van der Waals surface area contributed by atoms with Gasteiger partial charge < -0.3 is 15.8 Å². The topological polar surface area (TPSA) is 99.2 Å². The molecule has 0 atom stereocenters. The fraction of sp³-hybridized carbons (Fsp3) is 0.154. The summed E-state index contributed by atoms with van der Waals surface area (Å²) in [6, 6.07) is 6.80. The predicted molar refractivity (Wildman–Crippen MR) is 79.5 cm³/mol. The molecular weight excluding hydrogens is 296 g/mol. The van der Waals surface area contributed by atoms with Crippen molar-refractivity contribution in [2.24, 2.45) is 0 Å². The van der Waals surface area contributed by atoms with E-state index in [0.717, 1.165) is 4.57 Å². The molecule has 0 unspecified atom stereocenters. The van der Waals surface area contributed by atoms with Crippen molar-refractivity contribution in [3.8, 4) is 5.75 Å². The standard InChI is InChI=1S/C13H13ClN4O3/c1-21-9-4-2-8(3-5-9)17-10(19)6-18-7-16-12(14)11(15)13(18)20/h2-5,7H,6,15H2,1H3,(H,17,19). The van der Waals surface area contributed by atoms with E-state index in [1.807, 2.05) is 0 Å². The van der Waals surface area contributed by atoms with Crippen LogP contribution >= 0.6 is 11.6 Å². The summed E-state index contributed by atoms with van der Waals surface area (Å²) >= 11 is 5.62. The Hall–Kier alpha value is -2.54. The first-order chi connectivity index (χ1) is 10.0. The summed E-state index contributed by atoms with van der Waals surface area (Å²) in [6.07, 6.45) is 1.18. The summed E-state index contributed by atoms with van der Waals surface area (Å²) in [5.41, 5.74) is 5.32. The Bertz CT molecular complexity index is 712. The SMILES string of the molecule is COc1ccc(NC(=O)Cn2cnc(Cl)c(N)c2=O)cc1. The third-order valence-electron chi connectivity index (χ3n) is 2.71. The van der Waals surface area contributed by atoms with E-state index in [2.05, 4.69) is 10.3 Å². The lowest BCUT2D eigenvalue weighted by Gasteiger charge is -2.08. The number of amides is 1. The van der Waals surface area contributed by atoms with Crippen molar-refractivity contribution in [1.29, 1.82) is 0 Å². The molecule has 0 aliphatic carbocycles. The Balaban J connectivity index is 2.08. The van der Waals surface area contributed by atoms with Crippen LogP contribution in [0.15, 0.2) is 35.4 Å². The average molecular weight is 309 g/mol. The van der Waals surface area contributed by atoms with Gasteiger partial charge in [-0.2, -0.15) is 0 Å². The molecule has 0 fully saturated rings. The molecule has 0 bridgehead atoms. The van der Waals surface area contributed by atoms with Crippen LogP contribution in [-0.4, -0.2) is 22.6 Å². The number of methoxy groups -OCH3 is 1. The molecule has 2 rings (SSSR count). The van der Waals surface area contributed by atoms with Crippen molar-refractivity contribution in [3.05, 3.63) is 46.1 Å². The second-order valence-corrected chi connectivity index (χ2v) is 4.52. The van der Waals surface area contributed by atoms with Crippen LogP contribution in [0.2, 0.25) is 5.15 Å². The number of nitrogens with zero attached hydrogens (tertiary/aromatic N) is 2. The first-order valence-electron chi connectivity index (χ1n) is 5.95.